The van der Waals surface area contributed by atoms with Crippen molar-refractivity contribution < 1.29 is 9.53 Å². The Balaban J connectivity index is 1.13. The van der Waals surface area contributed by atoms with Crippen molar-refractivity contribution >= 4 is 11.7 Å². The predicted molar refractivity (Wildman–Crippen MR) is 122 cm³/mol. The van der Waals surface area contributed by atoms with E-state index in [2.05, 4.69) is 33.4 Å². The highest BCUT2D eigenvalue weighted by molar-refractivity contribution is 5.89. The molecule has 6 heteroatoms. The number of carbonyl (C=O) groups is 1. The number of benzene rings is 1. The topological polar surface area (TPSA) is 57.7 Å². The van der Waals surface area contributed by atoms with Crippen molar-refractivity contribution in [1.82, 2.24) is 14.8 Å². The minimum atomic E-state index is -0.00973. The molecule has 0 spiro atoms. The summed E-state index contributed by atoms with van der Waals surface area (Å²) < 4.78 is 5.99. The van der Waals surface area contributed by atoms with Gasteiger partial charge in [-0.2, -0.15) is 0 Å². The van der Waals surface area contributed by atoms with Crippen LogP contribution in [0.2, 0.25) is 0 Å². The molecule has 5 rings (SSSR count). The fourth-order valence-corrected chi connectivity index (χ4v) is 4.93. The fraction of sp³-hybridized carbons (Fsp3) is 0.520. The molecule has 1 saturated carbocycles. The van der Waals surface area contributed by atoms with Gasteiger partial charge in [-0.05, 0) is 61.1 Å². The van der Waals surface area contributed by atoms with Gasteiger partial charge in [0.05, 0.1) is 6.20 Å². The fourth-order valence-electron chi connectivity index (χ4n) is 4.93. The first-order chi connectivity index (χ1) is 15.2. The molecule has 31 heavy (non-hydrogen) atoms. The van der Waals surface area contributed by atoms with Gasteiger partial charge in [0.1, 0.15) is 11.9 Å². The normalized spacial score (nSPS) is 20.5. The maximum Gasteiger partial charge on any atom is 0.321 e. The van der Waals surface area contributed by atoms with Gasteiger partial charge in [-0.15, -0.1) is 0 Å². The average Bonchev–Trinajstić information content (AvgIpc) is 2.96. The number of anilines is 1. The first-order valence-corrected chi connectivity index (χ1v) is 11.7. The van der Waals surface area contributed by atoms with Crippen LogP contribution in [0, 0.1) is 0 Å². The third kappa shape index (κ3) is 4.85. The Bertz CT molecular complexity index is 892. The first-order valence-electron chi connectivity index (χ1n) is 11.7. The van der Waals surface area contributed by atoms with Crippen LogP contribution < -0.4 is 10.1 Å². The number of rotatable bonds is 4. The van der Waals surface area contributed by atoms with E-state index < -0.39 is 0 Å². The summed E-state index contributed by atoms with van der Waals surface area (Å²) >= 11 is 0. The van der Waals surface area contributed by atoms with E-state index in [1.165, 1.54) is 36.9 Å². The standard InChI is InChI=1S/C25H32N4O2/c30-25(29-15-10-23(11-16-29)31-24-5-2-12-26-18-24)27-21-7-6-19-8-13-28(22-3-1-4-22)14-9-20(19)17-21/h2,5-7,12,17-18,22-23H,1,3-4,8-11,13-16H2,(H,27,30). The van der Waals surface area contributed by atoms with Crippen molar-refractivity contribution in [3.63, 3.8) is 0 Å². The lowest BCUT2D eigenvalue weighted by atomic mass is 9.91. The Labute approximate surface area is 184 Å². The number of nitrogens with zero attached hydrogens (tertiary/aromatic N) is 3. The van der Waals surface area contributed by atoms with Crippen molar-refractivity contribution in [3.8, 4) is 5.75 Å². The zero-order valence-corrected chi connectivity index (χ0v) is 18.1. The summed E-state index contributed by atoms with van der Waals surface area (Å²) in [5.41, 5.74) is 3.74. The zero-order valence-electron chi connectivity index (χ0n) is 18.1. The van der Waals surface area contributed by atoms with Gasteiger partial charge in [-0.25, -0.2) is 4.79 Å². The maximum absolute atomic E-state index is 12.8. The maximum atomic E-state index is 12.8. The number of carbonyl (C=O) groups excluding carboxylic acids is 1. The highest BCUT2D eigenvalue weighted by Crippen LogP contribution is 2.28. The van der Waals surface area contributed by atoms with E-state index in [9.17, 15) is 4.79 Å². The van der Waals surface area contributed by atoms with Crippen molar-refractivity contribution in [2.75, 3.05) is 31.5 Å². The van der Waals surface area contributed by atoms with Crippen LogP contribution in [0.3, 0.4) is 0 Å². The van der Waals surface area contributed by atoms with Crippen LogP contribution in [-0.4, -0.2) is 59.1 Å². The van der Waals surface area contributed by atoms with Crippen LogP contribution in [0.4, 0.5) is 10.5 Å². The van der Waals surface area contributed by atoms with Crippen molar-refractivity contribution in [3.05, 3.63) is 53.9 Å². The largest absolute Gasteiger partial charge is 0.489 e. The molecule has 0 bridgehead atoms. The predicted octanol–water partition coefficient (Wildman–Crippen LogP) is 4.11. The van der Waals surface area contributed by atoms with Gasteiger partial charge < -0.3 is 15.0 Å². The van der Waals surface area contributed by atoms with Crippen molar-refractivity contribution in [2.45, 2.75) is 57.1 Å². The molecule has 3 heterocycles. The number of piperidine rings is 1. The number of nitrogens with one attached hydrogen (secondary N) is 1. The molecule has 3 aliphatic rings. The number of hydrogen-bond acceptors (Lipinski definition) is 4. The molecule has 1 N–H and O–H groups in total. The third-order valence-electron chi connectivity index (χ3n) is 7.05. The smallest absolute Gasteiger partial charge is 0.321 e. The second kappa shape index (κ2) is 9.27. The Morgan fingerprint density at radius 1 is 1.00 bits per heavy atom. The zero-order chi connectivity index (χ0) is 21.0. The lowest BCUT2D eigenvalue weighted by Gasteiger charge is -2.36. The minimum Gasteiger partial charge on any atom is -0.489 e. The van der Waals surface area contributed by atoms with E-state index in [0.29, 0.717) is 13.1 Å². The van der Waals surface area contributed by atoms with Crippen LogP contribution in [0.15, 0.2) is 42.7 Å². The van der Waals surface area contributed by atoms with Gasteiger partial charge in [0, 0.05) is 56.9 Å². The average molecular weight is 421 g/mol. The first kappa shape index (κ1) is 20.3. The number of fused-ring (bicyclic) bond motifs is 1. The molecule has 0 radical (unpaired) electrons. The number of ether oxygens (including phenoxy) is 1. The molecule has 0 unspecified atom stereocenters. The van der Waals surface area contributed by atoms with Gasteiger partial charge >= 0.3 is 6.03 Å². The van der Waals surface area contributed by atoms with Gasteiger partial charge in [-0.3, -0.25) is 9.88 Å². The second-order valence-corrected chi connectivity index (χ2v) is 9.03. The summed E-state index contributed by atoms with van der Waals surface area (Å²) in [6.07, 6.45) is 11.6. The lowest BCUT2D eigenvalue weighted by molar-refractivity contribution is 0.115. The molecule has 1 aromatic heterocycles. The Hall–Kier alpha value is -2.60. The number of urea groups is 1. The number of aromatic nitrogens is 1. The summed E-state index contributed by atoms with van der Waals surface area (Å²) in [5, 5.41) is 3.13. The Kier molecular flexibility index (Phi) is 6.07. The molecule has 2 aliphatic heterocycles. The quantitative estimate of drug-likeness (QED) is 0.809. The molecule has 164 valence electrons. The van der Waals surface area contributed by atoms with Gasteiger partial charge in [0.25, 0.3) is 0 Å². The summed E-state index contributed by atoms with van der Waals surface area (Å²) in [6, 6.07) is 11.1. The van der Waals surface area contributed by atoms with E-state index in [1.807, 2.05) is 17.0 Å². The number of pyridine rings is 1. The van der Waals surface area contributed by atoms with Crippen LogP contribution in [0.5, 0.6) is 5.75 Å². The molecule has 6 nitrogen and oxygen atoms in total. The highest BCUT2D eigenvalue weighted by Gasteiger charge is 2.27. The monoisotopic (exact) mass is 420 g/mol. The molecule has 1 aromatic carbocycles. The van der Waals surface area contributed by atoms with E-state index in [0.717, 1.165) is 49.7 Å². The summed E-state index contributed by atoms with van der Waals surface area (Å²) in [6.45, 7) is 3.72. The van der Waals surface area contributed by atoms with Crippen molar-refractivity contribution in [1.29, 1.82) is 0 Å². The van der Waals surface area contributed by atoms with E-state index in [-0.39, 0.29) is 12.1 Å². The van der Waals surface area contributed by atoms with Crippen LogP contribution in [0.25, 0.3) is 0 Å². The second-order valence-electron chi connectivity index (χ2n) is 9.03. The molecule has 1 aliphatic carbocycles. The highest BCUT2D eigenvalue weighted by atomic mass is 16.5. The number of hydrogen-bond donors (Lipinski definition) is 1. The number of likely N-dealkylation sites (tertiary alicyclic amines) is 1. The number of amides is 2. The summed E-state index contributed by atoms with van der Waals surface area (Å²) in [4.78, 5) is 21.5. The molecule has 2 fully saturated rings. The summed E-state index contributed by atoms with van der Waals surface area (Å²) in [7, 11) is 0. The van der Waals surface area contributed by atoms with Crippen LogP contribution in [0.1, 0.15) is 43.2 Å². The Morgan fingerprint density at radius 3 is 2.52 bits per heavy atom. The Morgan fingerprint density at radius 2 is 1.81 bits per heavy atom. The summed E-state index contributed by atoms with van der Waals surface area (Å²) in [5.74, 6) is 0.797. The SMILES string of the molecule is O=C(Nc1ccc2c(c1)CCN(C1CCC1)CC2)N1CCC(Oc2cccnc2)CC1. The molecular weight excluding hydrogens is 388 g/mol. The van der Waals surface area contributed by atoms with E-state index in [1.54, 1.807) is 12.4 Å². The van der Waals surface area contributed by atoms with Gasteiger partial charge in [0.15, 0.2) is 0 Å². The molecule has 1 saturated heterocycles. The minimum absolute atomic E-state index is 0.00973. The van der Waals surface area contributed by atoms with Crippen LogP contribution in [-0.2, 0) is 12.8 Å². The van der Waals surface area contributed by atoms with Gasteiger partial charge in [0.2, 0.25) is 0 Å². The van der Waals surface area contributed by atoms with Gasteiger partial charge in [-0.1, -0.05) is 12.5 Å². The molecule has 2 amide bonds. The molecule has 2 aromatic rings. The van der Waals surface area contributed by atoms with E-state index >= 15 is 0 Å². The van der Waals surface area contributed by atoms with E-state index in [4.69, 9.17) is 4.74 Å². The lowest BCUT2D eigenvalue weighted by Crippen LogP contribution is -2.43. The molecule has 0 atom stereocenters. The van der Waals surface area contributed by atoms with Crippen LogP contribution >= 0.6 is 0 Å². The third-order valence-corrected chi connectivity index (χ3v) is 7.05. The van der Waals surface area contributed by atoms with Crippen molar-refractivity contribution in [2.24, 2.45) is 0 Å². The molecular formula is C25H32N4O2.